The zero-order chi connectivity index (χ0) is 27.0. The van der Waals surface area contributed by atoms with Crippen molar-refractivity contribution in [3.8, 4) is 11.5 Å². The highest BCUT2D eigenvalue weighted by Crippen LogP contribution is 2.40. The molecule has 0 N–H and O–H groups in total. The fourth-order valence-electron chi connectivity index (χ4n) is 3.91. The van der Waals surface area contributed by atoms with Gasteiger partial charge in [0.15, 0.2) is 5.75 Å². The molecule has 2 aliphatic heterocycles. The number of nitrogens with zero attached hydrogens (tertiary/aromatic N) is 3. The molecule has 2 aromatic rings. The molecule has 0 spiro atoms. The second-order valence-corrected chi connectivity index (χ2v) is 11.8. The Morgan fingerprint density at radius 1 is 1.03 bits per heavy atom. The maximum Gasteiger partial charge on any atom is 0.501 e. The number of sulfone groups is 1. The van der Waals surface area contributed by atoms with Gasteiger partial charge in [-0.05, 0) is 51.1 Å². The van der Waals surface area contributed by atoms with Crippen molar-refractivity contribution in [3.05, 3.63) is 48.0 Å². The average Bonchev–Trinajstić information content (AvgIpc) is 2.99. The molecule has 0 aliphatic carbocycles. The maximum absolute atomic E-state index is 13.3. The van der Waals surface area contributed by atoms with Gasteiger partial charge in [0.2, 0.25) is 0 Å². The van der Waals surface area contributed by atoms with Crippen molar-refractivity contribution < 1.29 is 35.9 Å². The lowest BCUT2D eigenvalue weighted by atomic mass is 9.97. The predicted molar refractivity (Wildman–Crippen MR) is 131 cm³/mol. The molecule has 2 heterocycles. The first-order valence-corrected chi connectivity index (χ1v) is 13.2. The highest BCUT2D eigenvalue weighted by molar-refractivity contribution is 7.92. The first-order chi connectivity index (χ1) is 17.3. The SMILES string of the molecule is CC(C)(C)C(=O)OCCN1CCN(C2=Nc3ccccc3Oc3ccc(S(=O)(=O)C(F)(F)F)cc32)CC1. The van der Waals surface area contributed by atoms with Crippen LogP contribution in [0.3, 0.4) is 0 Å². The smallest absolute Gasteiger partial charge is 0.464 e. The van der Waals surface area contributed by atoms with Gasteiger partial charge in [0, 0.05) is 32.7 Å². The number of fused-ring (bicyclic) bond motifs is 2. The van der Waals surface area contributed by atoms with Gasteiger partial charge >= 0.3 is 11.5 Å². The van der Waals surface area contributed by atoms with Crippen LogP contribution in [0.25, 0.3) is 0 Å². The number of amidine groups is 1. The fraction of sp³-hybridized carbons (Fsp3) is 0.440. The van der Waals surface area contributed by atoms with Crippen molar-refractivity contribution in [3.63, 3.8) is 0 Å². The molecule has 2 aromatic carbocycles. The normalized spacial score (nSPS) is 16.7. The Kier molecular flexibility index (Phi) is 7.26. The van der Waals surface area contributed by atoms with E-state index in [1.54, 1.807) is 45.0 Å². The van der Waals surface area contributed by atoms with E-state index in [1.807, 2.05) is 4.90 Å². The van der Waals surface area contributed by atoms with Crippen LogP contribution in [0.4, 0.5) is 18.9 Å². The van der Waals surface area contributed by atoms with Gasteiger partial charge in [-0.3, -0.25) is 9.69 Å². The lowest BCUT2D eigenvalue weighted by molar-refractivity contribution is -0.153. The van der Waals surface area contributed by atoms with Crippen molar-refractivity contribution in [2.75, 3.05) is 39.3 Å². The number of carbonyl (C=O) groups is 1. The molecule has 0 atom stereocenters. The van der Waals surface area contributed by atoms with Gasteiger partial charge in [-0.25, -0.2) is 13.4 Å². The minimum atomic E-state index is -5.56. The molecular weight excluding hydrogens is 511 g/mol. The largest absolute Gasteiger partial charge is 0.501 e. The lowest BCUT2D eigenvalue weighted by Gasteiger charge is -2.36. The number of esters is 1. The Hall–Kier alpha value is -3.12. The molecule has 1 saturated heterocycles. The van der Waals surface area contributed by atoms with E-state index < -0.39 is 25.7 Å². The zero-order valence-corrected chi connectivity index (χ0v) is 21.5. The molecule has 200 valence electrons. The average molecular weight is 540 g/mol. The van der Waals surface area contributed by atoms with Crippen LogP contribution in [-0.4, -0.2) is 74.9 Å². The van der Waals surface area contributed by atoms with Gasteiger partial charge < -0.3 is 14.4 Å². The Balaban J connectivity index is 1.58. The molecule has 1 fully saturated rings. The van der Waals surface area contributed by atoms with E-state index in [0.29, 0.717) is 50.0 Å². The molecule has 0 radical (unpaired) electrons. The van der Waals surface area contributed by atoms with Crippen LogP contribution in [0.1, 0.15) is 26.3 Å². The number of hydrogen-bond donors (Lipinski definition) is 0. The number of hydrogen-bond acceptors (Lipinski definition) is 8. The van der Waals surface area contributed by atoms with E-state index in [0.717, 1.165) is 12.1 Å². The third-order valence-corrected chi connectivity index (χ3v) is 7.53. The second-order valence-electron chi connectivity index (χ2n) is 9.83. The summed E-state index contributed by atoms with van der Waals surface area (Å²) in [5, 5.41) is 0. The van der Waals surface area contributed by atoms with Crippen molar-refractivity contribution >= 4 is 27.3 Å². The minimum absolute atomic E-state index is 0.161. The number of halogens is 3. The summed E-state index contributed by atoms with van der Waals surface area (Å²) < 4.78 is 75.3. The van der Waals surface area contributed by atoms with E-state index in [4.69, 9.17) is 9.47 Å². The lowest BCUT2D eigenvalue weighted by Crippen LogP contribution is -2.49. The molecule has 0 saturated carbocycles. The van der Waals surface area contributed by atoms with E-state index in [-0.39, 0.29) is 23.9 Å². The number of carbonyl (C=O) groups excluding carboxylic acids is 1. The van der Waals surface area contributed by atoms with E-state index in [9.17, 15) is 26.4 Å². The third kappa shape index (κ3) is 5.74. The Morgan fingerprint density at radius 2 is 1.70 bits per heavy atom. The van der Waals surface area contributed by atoms with Crippen molar-refractivity contribution in [2.24, 2.45) is 10.4 Å². The topological polar surface area (TPSA) is 88.5 Å². The first kappa shape index (κ1) is 26.9. The van der Waals surface area contributed by atoms with Gasteiger partial charge in [-0.2, -0.15) is 13.2 Å². The molecule has 0 aromatic heterocycles. The monoisotopic (exact) mass is 539 g/mol. The Bertz CT molecular complexity index is 1310. The van der Waals surface area contributed by atoms with E-state index in [1.165, 1.54) is 6.07 Å². The van der Waals surface area contributed by atoms with Gasteiger partial charge in [-0.1, -0.05) is 12.1 Å². The van der Waals surface area contributed by atoms with Crippen LogP contribution < -0.4 is 4.74 Å². The summed E-state index contributed by atoms with van der Waals surface area (Å²) in [6.07, 6.45) is 0. The molecule has 0 bridgehead atoms. The summed E-state index contributed by atoms with van der Waals surface area (Å²) >= 11 is 0. The molecule has 0 unspecified atom stereocenters. The van der Waals surface area contributed by atoms with Gasteiger partial charge in [-0.15, -0.1) is 0 Å². The Labute approximate surface area is 213 Å². The van der Waals surface area contributed by atoms with Crippen molar-refractivity contribution in [2.45, 2.75) is 31.2 Å². The number of alkyl halides is 3. The second kappa shape index (κ2) is 9.97. The number of para-hydroxylation sites is 2. The predicted octanol–water partition coefficient (Wildman–Crippen LogP) is 4.37. The first-order valence-electron chi connectivity index (χ1n) is 11.7. The van der Waals surface area contributed by atoms with Gasteiger partial charge in [0.05, 0.1) is 15.9 Å². The van der Waals surface area contributed by atoms with Crippen LogP contribution in [0.2, 0.25) is 0 Å². The molecule has 12 heteroatoms. The quantitative estimate of drug-likeness (QED) is 0.533. The van der Waals surface area contributed by atoms with Crippen LogP contribution >= 0.6 is 0 Å². The highest BCUT2D eigenvalue weighted by Gasteiger charge is 2.47. The minimum Gasteiger partial charge on any atom is -0.464 e. The summed E-state index contributed by atoms with van der Waals surface area (Å²) in [4.78, 5) is 19.8. The number of piperazine rings is 1. The van der Waals surface area contributed by atoms with Gasteiger partial charge in [0.1, 0.15) is 23.9 Å². The van der Waals surface area contributed by atoms with Crippen LogP contribution in [0.5, 0.6) is 11.5 Å². The number of benzene rings is 2. The highest BCUT2D eigenvalue weighted by atomic mass is 32.2. The van der Waals surface area contributed by atoms with Crippen LogP contribution in [0, 0.1) is 5.41 Å². The molecule has 4 rings (SSSR count). The van der Waals surface area contributed by atoms with E-state index >= 15 is 0 Å². The summed E-state index contributed by atoms with van der Waals surface area (Å²) in [5.41, 5.74) is -5.38. The number of rotatable bonds is 4. The maximum atomic E-state index is 13.3. The standard InChI is InChI=1S/C25H28F3N3O5S/c1-24(2,3)23(32)35-15-14-30-10-12-31(13-11-30)22-18-16-17(37(33,34)25(26,27)28)8-9-20(18)36-21-7-5-4-6-19(21)29-22/h4-9,16H,10-15H2,1-3H3. The summed E-state index contributed by atoms with van der Waals surface area (Å²) in [7, 11) is -5.56. The van der Waals surface area contributed by atoms with Crippen LogP contribution in [-0.2, 0) is 19.4 Å². The summed E-state index contributed by atoms with van der Waals surface area (Å²) in [6, 6.07) is 10.00. The molecule has 37 heavy (non-hydrogen) atoms. The van der Waals surface area contributed by atoms with E-state index in [2.05, 4.69) is 9.89 Å². The molecular formula is C25H28F3N3O5S. The van der Waals surface area contributed by atoms with Crippen molar-refractivity contribution in [1.82, 2.24) is 9.80 Å². The Morgan fingerprint density at radius 3 is 2.35 bits per heavy atom. The summed E-state index contributed by atoms with van der Waals surface area (Å²) in [6.45, 7) is 8.27. The molecule has 8 nitrogen and oxygen atoms in total. The molecule has 2 aliphatic rings. The molecule has 0 amide bonds. The third-order valence-electron chi connectivity index (χ3n) is 6.04. The number of ether oxygens (including phenoxy) is 2. The summed E-state index contributed by atoms with van der Waals surface area (Å²) in [5.74, 6) is 0.669. The van der Waals surface area contributed by atoms with Crippen molar-refractivity contribution in [1.29, 1.82) is 0 Å². The zero-order valence-electron chi connectivity index (χ0n) is 20.7. The fourth-order valence-corrected chi connectivity index (χ4v) is 4.70. The van der Waals surface area contributed by atoms with Crippen LogP contribution in [0.15, 0.2) is 52.4 Å². The van der Waals surface area contributed by atoms with Gasteiger partial charge in [0.25, 0.3) is 9.84 Å². The number of aliphatic imine (C=N–C) groups is 1.